The summed E-state index contributed by atoms with van der Waals surface area (Å²) in [7, 11) is 0. The zero-order valence-corrected chi connectivity index (χ0v) is 11.5. The van der Waals surface area contributed by atoms with E-state index >= 15 is 0 Å². The second-order valence-electron chi connectivity index (χ2n) is 7.78. The Balaban J connectivity index is 1.92. The van der Waals surface area contributed by atoms with E-state index in [1.807, 2.05) is 13.8 Å². The number of carbonyl (C=O) groups excluding carboxylic acids is 1. The van der Waals surface area contributed by atoms with Gasteiger partial charge in [-0.25, -0.2) is 0 Å². The minimum atomic E-state index is -0.779. The minimum Gasteiger partial charge on any atom is -0.455 e. The molecule has 3 heteroatoms. The largest absolute Gasteiger partial charge is 0.455 e. The van der Waals surface area contributed by atoms with Gasteiger partial charge >= 0.3 is 5.97 Å². The van der Waals surface area contributed by atoms with E-state index in [1.54, 1.807) is 0 Å². The molecule has 1 heterocycles. The van der Waals surface area contributed by atoms with Crippen LogP contribution in [0.15, 0.2) is 0 Å². The number of fused-ring (bicyclic) bond motifs is 2. The van der Waals surface area contributed by atoms with Crippen LogP contribution >= 0.6 is 0 Å². The topological polar surface area (TPSA) is 46.5 Å². The van der Waals surface area contributed by atoms with Gasteiger partial charge in [-0.15, -0.1) is 0 Å². The van der Waals surface area contributed by atoms with E-state index in [-0.39, 0.29) is 17.3 Å². The van der Waals surface area contributed by atoms with Crippen LogP contribution in [0.1, 0.15) is 52.9 Å². The highest BCUT2D eigenvalue weighted by atomic mass is 16.6. The SMILES string of the molecule is C[C@H]1C[C@@H]2C[C@@]3(C)C[C@]2(O)[C@](C)(OC3=O)C12CC2. The number of ether oxygens (including phenoxy) is 1. The van der Waals surface area contributed by atoms with Crippen molar-refractivity contribution in [3.63, 3.8) is 0 Å². The molecule has 3 saturated carbocycles. The van der Waals surface area contributed by atoms with Crippen molar-refractivity contribution in [1.29, 1.82) is 0 Å². The summed E-state index contributed by atoms with van der Waals surface area (Å²) in [4.78, 5) is 12.4. The Labute approximate surface area is 108 Å². The van der Waals surface area contributed by atoms with Crippen LogP contribution in [0.4, 0.5) is 0 Å². The van der Waals surface area contributed by atoms with Crippen LogP contribution in [0.2, 0.25) is 0 Å². The average molecular weight is 250 g/mol. The fourth-order valence-electron chi connectivity index (χ4n) is 5.67. The van der Waals surface area contributed by atoms with Gasteiger partial charge in [0.2, 0.25) is 0 Å². The molecule has 18 heavy (non-hydrogen) atoms. The summed E-state index contributed by atoms with van der Waals surface area (Å²) >= 11 is 0. The Morgan fingerprint density at radius 2 is 2.00 bits per heavy atom. The normalized spacial score (nSPS) is 59.7. The van der Waals surface area contributed by atoms with Gasteiger partial charge in [-0.2, -0.15) is 0 Å². The Hall–Kier alpha value is -0.570. The van der Waals surface area contributed by atoms with Gasteiger partial charge in [0.1, 0.15) is 11.2 Å². The van der Waals surface area contributed by atoms with Crippen molar-refractivity contribution in [3.8, 4) is 0 Å². The molecule has 0 aromatic rings. The first kappa shape index (κ1) is 11.3. The fourth-order valence-corrected chi connectivity index (χ4v) is 5.67. The van der Waals surface area contributed by atoms with Crippen LogP contribution in [0, 0.1) is 22.7 Å². The van der Waals surface area contributed by atoms with E-state index in [1.165, 1.54) is 0 Å². The molecular weight excluding hydrogens is 228 g/mol. The minimum absolute atomic E-state index is 0.0551. The van der Waals surface area contributed by atoms with E-state index in [2.05, 4.69) is 6.92 Å². The molecule has 100 valence electrons. The Kier molecular flexibility index (Phi) is 1.66. The highest BCUT2D eigenvalue weighted by Crippen LogP contribution is 2.75. The molecule has 1 N–H and O–H groups in total. The maximum Gasteiger partial charge on any atom is 0.312 e. The number of carbonyl (C=O) groups is 1. The lowest BCUT2D eigenvalue weighted by Gasteiger charge is -2.58. The third-order valence-corrected chi connectivity index (χ3v) is 6.97. The molecule has 1 spiro atoms. The molecule has 0 unspecified atom stereocenters. The maximum atomic E-state index is 12.4. The molecule has 3 nitrogen and oxygen atoms in total. The van der Waals surface area contributed by atoms with Gasteiger partial charge in [0.15, 0.2) is 0 Å². The molecule has 3 aliphatic carbocycles. The van der Waals surface area contributed by atoms with E-state index in [9.17, 15) is 9.90 Å². The van der Waals surface area contributed by atoms with Crippen molar-refractivity contribution in [2.75, 3.05) is 0 Å². The van der Waals surface area contributed by atoms with Crippen molar-refractivity contribution in [3.05, 3.63) is 0 Å². The van der Waals surface area contributed by atoms with Crippen LogP contribution < -0.4 is 0 Å². The van der Waals surface area contributed by atoms with Gasteiger partial charge in [0.05, 0.1) is 5.41 Å². The molecule has 4 rings (SSSR count). The second-order valence-corrected chi connectivity index (χ2v) is 7.78. The maximum absolute atomic E-state index is 12.4. The predicted molar refractivity (Wildman–Crippen MR) is 65.7 cm³/mol. The van der Waals surface area contributed by atoms with E-state index < -0.39 is 16.6 Å². The first-order valence-corrected chi connectivity index (χ1v) is 7.23. The summed E-state index contributed by atoms with van der Waals surface area (Å²) in [6.45, 7) is 6.25. The van der Waals surface area contributed by atoms with Crippen LogP contribution in [0.25, 0.3) is 0 Å². The summed E-state index contributed by atoms with van der Waals surface area (Å²) in [5, 5.41) is 11.3. The van der Waals surface area contributed by atoms with Crippen molar-refractivity contribution >= 4 is 5.97 Å². The number of esters is 1. The van der Waals surface area contributed by atoms with E-state index in [0.29, 0.717) is 12.3 Å². The van der Waals surface area contributed by atoms with E-state index in [0.717, 1.165) is 25.7 Å². The molecule has 1 aliphatic heterocycles. The molecular formula is C15H22O3. The van der Waals surface area contributed by atoms with Crippen molar-refractivity contribution in [2.45, 2.75) is 64.1 Å². The van der Waals surface area contributed by atoms with Gasteiger partial charge in [-0.05, 0) is 57.8 Å². The lowest BCUT2D eigenvalue weighted by atomic mass is 9.56. The van der Waals surface area contributed by atoms with Crippen LogP contribution in [-0.2, 0) is 9.53 Å². The highest BCUT2D eigenvalue weighted by molar-refractivity contribution is 5.80. The zero-order chi connectivity index (χ0) is 13.0. The standard InChI is InChI=1S/C15H22O3/c1-9-6-10-7-12(2)8-15(10,17)13(3,18-11(12)16)14(9)4-5-14/h9-10,17H,4-8H2,1-3H3/t9-,10+,12-,13+,15+/m0/s1. The molecule has 0 aromatic carbocycles. The summed E-state index contributed by atoms with van der Waals surface area (Å²) in [6, 6.07) is 0. The zero-order valence-electron chi connectivity index (χ0n) is 11.5. The summed E-state index contributed by atoms with van der Waals surface area (Å²) in [5.41, 5.74) is -1.81. The molecule has 2 bridgehead atoms. The highest BCUT2D eigenvalue weighted by Gasteiger charge is 2.80. The Bertz CT molecular complexity index is 455. The number of aliphatic hydroxyl groups is 1. The number of hydrogen-bond acceptors (Lipinski definition) is 3. The number of hydrogen-bond donors (Lipinski definition) is 1. The van der Waals surface area contributed by atoms with E-state index in [4.69, 9.17) is 4.74 Å². The third kappa shape index (κ3) is 0.880. The molecule has 1 saturated heterocycles. The Morgan fingerprint density at radius 1 is 1.33 bits per heavy atom. The van der Waals surface area contributed by atoms with Gasteiger partial charge < -0.3 is 9.84 Å². The molecule has 0 aromatic heterocycles. The predicted octanol–water partition coefficient (Wildman–Crippen LogP) is 2.27. The van der Waals surface area contributed by atoms with Crippen molar-refractivity contribution in [2.24, 2.45) is 22.7 Å². The van der Waals surface area contributed by atoms with Gasteiger partial charge in [-0.3, -0.25) is 4.79 Å². The fraction of sp³-hybridized carbons (Fsp3) is 0.933. The lowest BCUT2D eigenvalue weighted by Crippen LogP contribution is -2.69. The van der Waals surface area contributed by atoms with Crippen LogP contribution in [0.3, 0.4) is 0 Å². The summed E-state index contributed by atoms with van der Waals surface area (Å²) < 4.78 is 5.90. The first-order chi connectivity index (χ1) is 8.28. The summed E-state index contributed by atoms with van der Waals surface area (Å²) in [5.74, 6) is 0.721. The molecule has 4 aliphatic rings. The van der Waals surface area contributed by atoms with Gasteiger partial charge in [-0.1, -0.05) is 6.92 Å². The molecule has 5 atom stereocenters. The molecule has 0 radical (unpaired) electrons. The van der Waals surface area contributed by atoms with Gasteiger partial charge in [0, 0.05) is 5.41 Å². The monoisotopic (exact) mass is 250 g/mol. The second kappa shape index (κ2) is 2.65. The quantitative estimate of drug-likeness (QED) is 0.671. The lowest BCUT2D eigenvalue weighted by molar-refractivity contribution is -0.266. The van der Waals surface area contributed by atoms with Crippen molar-refractivity contribution < 1.29 is 14.6 Å². The first-order valence-electron chi connectivity index (χ1n) is 7.23. The van der Waals surface area contributed by atoms with Gasteiger partial charge in [0.25, 0.3) is 0 Å². The molecule has 4 fully saturated rings. The smallest absolute Gasteiger partial charge is 0.312 e. The number of rotatable bonds is 0. The third-order valence-electron chi connectivity index (χ3n) is 6.97. The average Bonchev–Trinajstić information content (AvgIpc) is 3.01. The van der Waals surface area contributed by atoms with Crippen LogP contribution in [0.5, 0.6) is 0 Å². The van der Waals surface area contributed by atoms with Crippen LogP contribution in [-0.4, -0.2) is 22.3 Å². The Morgan fingerprint density at radius 3 is 2.61 bits per heavy atom. The van der Waals surface area contributed by atoms with Crippen molar-refractivity contribution in [1.82, 2.24) is 0 Å². The summed E-state index contributed by atoms with van der Waals surface area (Å²) in [6.07, 6.45) is 4.67. The molecule has 0 amide bonds.